The molecule has 1 atom stereocenters. The standard InChI is InChI=1S/C13H25NO2/c1-3-5-6-9-12(13(15)16-4-2)14-10-7-8-11-14/h12H,3-11H2,1-2H3. The fourth-order valence-corrected chi connectivity index (χ4v) is 2.33. The van der Waals surface area contributed by atoms with Crippen LogP contribution < -0.4 is 0 Å². The molecular formula is C13H25NO2. The van der Waals surface area contributed by atoms with Crippen molar-refractivity contribution in [2.45, 2.75) is 58.4 Å². The molecule has 3 heteroatoms. The molecular weight excluding hydrogens is 202 g/mol. The van der Waals surface area contributed by atoms with Crippen molar-refractivity contribution in [3.8, 4) is 0 Å². The Kier molecular flexibility index (Phi) is 6.46. The molecule has 0 aliphatic carbocycles. The van der Waals surface area contributed by atoms with Gasteiger partial charge in [-0.2, -0.15) is 0 Å². The van der Waals surface area contributed by atoms with Crippen molar-refractivity contribution in [1.82, 2.24) is 4.90 Å². The summed E-state index contributed by atoms with van der Waals surface area (Å²) >= 11 is 0. The highest BCUT2D eigenvalue weighted by Crippen LogP contribution is 2.17. The van der Waals surface area contributed by atoms with Gasteiger partial charge in [0.15, 0.2) is 0 Å². The second-order valence-electron chi connectivity index (χ2n) is 4.51. The lowest BCUT2D eigenvalue weighted by molar-refractivity contribution is -0.149. The zero-order valence-corrected chi connectivity index (χ0v) is 10.7. The quantitative estimate of drug-likeness (QED) is 0.494. The summed E-state index contributed by atoms with van der Waals surface area (Å²) in [5.41, 5.74) is 0. The topological polar surface area (TPSA) is 29.5 Å². The van der Waals surface area contributed by atoms with E-state index in [1.54, 1.807) is 0 Å². The molecule has 0 radical (unpaired) electrons. The molecule has 0 aromatic heterocycles. The maximum Gasteiger partial charge on any atom is 0.323 e. The number of carbonyl (C=O) groups is 1. The van der Waals surface area contributed by atoms with Gasteiger partial charge in [-0.15, -0.1) is 0 Å². The van der Waals surface area contributed by atoms with E-state index in [1.807, 2.05) is 6.92 Å². The summed E-state index contributed by atoms with van der Waals surface area (Å²) in [6, 6.07) is 0.0222. The number of esters is 1. The van der Waals surface area contributed by atoms with E-state index < -0.39 is 0 Å². The van der Waals surface area contributed by atoms with E-state index in [2.05, 4.69) is 11.8 Å². The highest BCUT2D eigenvalue weighted by atomic mass is 16.5. The van der Waals surface area contributed by atoms with Gasteiger partial charge in [0, 0.05) is 0 Å². The van der Waals surface area contributed by atoms with Crippen LogP contribution in [0.3, 0.4) is 0 Å². The second kappa shape index (κ2) is 7.66. The van der Waals surface area contributed by atoms with Gasteiger partial charge in [-0.05, 0) is 39.3 Å². The van der Waals surface area contributed by atoms with Crippen LogP contribution in [-0.2, 0) is 9.53 Å². The molecule has 0 N–H and O–H groups in total. The molecule has 1 fully saturated rings. The van der Waals surface area contributed by atoms with Crippen LogP contribution in [-0.4, -0.2) is 36.6 Å². The molecule has 1 saturated heterocycles. The van der Waals surface area contributed by atoms with Gasteiger partial charge < -0.3 is 4.74 Å². The van der Waals surface area contributed by atoms with Crippen molar-refractivity contribution < 1.29 is 9.53 Å². The number of hydrogen-bond acceptors (Lipinski definition) is 3. The molecule has 0 bridgehead atoms. The normalized spacial score (nSPS) is 18.6. The predicted molar refractivity (Wildman–Crippen MR) is 65.4 cm³/mol. The van der Waals surface area contributed by atoms with Crippen LogP contribution in [0.15, 0.2) is 0 Å². The maximum atomic E-state index is 11.9. The third-order valence-corrected chi connectivity index (χ3v) is 3.22. The summed E-state index contributed by atoms with van der Waals surface area (Å²) in [5.74, 6) is -0.0134. The number of likely N-dealkylation sites (tertiary alicyclic amines) is 1. The average Bonchev–Trinajstić information content (AvgIpc) is 2.78. The van der Waals surface area contributed by atoms with E-state index in [9.17, 15) is 4.79 Å². The summed E-state index contributed by atoms with van der Waals surface area (Å²) in [7, 11) is 0. The molecule has 0 aromatic rings. The summed E-state index contributed by atoms with van der Waals surface area (Å²) in [6.45, 7) is 6.70. The molecule has 3 nitrogen and oxygen atoms in total. The van der Waals surface area contributed by atoms with E-state index in [4.69, 9.17) is 4.74 Å². The van der Waals surface area contributed by atoms with Gasteiger partial charge in [-0.25, -0.2) is 0 Å². The van der Waals surface area contributed by atoms with Gasteiger partial charge >= 0.3 is 5.97 Å². The Bertz CT molecular complexity index is 200. The Morgan fingerprint density at radius 2 is 1.94 bits per heavy atom. The maximum absolute atomic E-state index is 11.9. The first-order valence-electron chi connectivity index (χ1n) is 6.70. The average molecular weight is 227 g/mol. The van der Waals surface area contributed by atoms with Crippen LogP contribution in [0.1, 0.15) is 52.4 Å². The largest absolute Gasteiger partial charge is 0.465 e. The van der Waals surface area contributed by atoms with Crippen LogP contribution in [0.2, 0.25) is 0 Å². The first-order valence-corrected chi connectivity index (χ1v) is 6.70. The lowest BCUT2D eigenvalue weighted by atomic mass is 10.1. The SMILES string of the molecule is CCCCCC(C(=O)OCC)N1CCCC1. The number of carbonyl (C=O) groups excluding carboxylic acids is 1. The minimum atomic E-state index is -0.0134. The zero-order chi connectivity index (χ0) is 11.8. The highest BCUT2D eigenvalue weighted by molar-refractivity contribution is 5.75. The molecule has 1 heterocycles. The molecule has 1 aliphatic heterocycles. The summed E-state index contributed by atoms with van der Waals surface area (Å²) in [6.07, 6.45) is 6.97. The van der Waals surface area contributed by atoms with E-state index in [0.717, 1.165) is 25.9 Å². The Hall–Kier alpha value is -0.570. The number of unbranched alkanes of at least 4 members (excludes halogenated alkanes) is 2. The lowest BCUT2D eigenvalue weighted by Gasteiger charge is -2.25. The van der Waals surface area contributed by atoms with Gasteiger partial charge in [0.1, 0.15) is 6.04 Å². The van der Waals surface area contributed by atoms with E-state index in [0.29, 0.717) is 6.61 Å². The van der Waals surface area contributed by atoms with Gasteiger partial charge in [0.25, 0.3) is 0 Å². The Morgan fingerprint density at radius 1 is 1.25 bits per heavy atom. The van der Waals surface area contributed by atoms with E-state index in [1.165, 1.54) is 25.7 Å². The fourth-order valence-electron chi connectivity index (χ4n) is 2.33. The molecule has 0 aromatic carbocycles. The number of nitrogens with zero attached hydrogens (tertiary/aromatic N) is 1. The van der Waals surface area contributed by atoms with Crippen molar-refractivity contribution in [2.24, 2.45) is 0 Å². The molecule has 1 aliphatic rings. The van der Waals surface area contributed by atoms with Crippen molar-refractivity contribution >= 4 is 5.97 Å². The fraction of sp³-hybridized carbons (Fsp3) is 0.923. The van der Waals surface area contributed by atoms with Crippen LogP contribution in [0.4, 0.5) is 0 Å². The van der Waals surface area contributed by atoms with Gasteiger partial charge in [-0.3, -0.25) is 9.69 Å². The van der Waals surface area contributed by atoms with Crippen LogP contribution >= 0.6 is 0 Å². The summed E-state index contributed by atoms with van der Waals surface area (Å²) < 4.78 is 5.17. The minimum Gasteiger partial charge on any atom is -0.465 e. The van der Waals surface area contributed by atoms with Gasteiger partial charge in [-0.1, -0.05) is 26.2 Å². The molecule has 16 heavy (non-hydrogen) atoms. The third-order valence-electron chi connectivity index (χ3n) is 3.22. The monoisotopic (exact) mass is 227 g/mol. The Balaban J connectivity index is 2.43. The molecule has 0 amide bonds. The smallest absolute Gasteiger partial charge is 0.323 e. The molecule has 1 unspecified atom stereocenters. The van der Waals surface area contributed by atoms with Crippen molar-refractivity contribution in [1.29, 1.82) is 0 Å². The van der Waals surface area contributed by atoms with Crippen molar-refractivity contribution in [3.63, 3.8) is 0 Å². The number of rotatable bonds is 7. The zero-order valence-electron chi connectivity index (χ0n) is 10.7. The van der Waals surface area contributed by atoms with Gasteiger partial charge in [0.2, 0.25) is 0 Å². The second-order valence-corrected chi connectivity index (χ2v) is 4.51. The van der Waals surface area contributed by atoms with Crippen molar-refractivity contribution in [2.75, 3.05) is 19.7 Å². The van der Waals surface area contributed by atoms with Crippen LogP contribution in [0.25, 0.3) is 0 Å². The minimum absolute atomic E-state index is 0.0134. The van der Waals surface area contributed by atoms with Crippen molar-refractivity contribution in [3.05, 3.63) is 0 Å². The third kappa shape index (κ3) is 4.12. The number of ether oxygens (including phenoxy) is 1. The summed E-state index contributed by atoms with van der Waals surface area (Å²) in [4.78, 5) is 14.2. The molecule has 0 spiro atoms. The van der Waals surface area contributed by atoms with E-state index in [-0.39, 0.29) is 12.0 Å². The number of hydrogen-bond donors (Lipinski definition) is 0. The summed E-state index contributed by atoms with van der Waals surface area (Å²) in [5, 5.41) is 0. The Morgan fingerprint density at radius 3 is 2.50 bits per heavy atom. The van der Waals surface area contributed by atoms with Gasteiger partial charge in [0.05, 0.1) is 6.61 Å². The van der Waals surface area contributed by atoms with Crippen LogP contribution in [0, 0.1) is 0 Å². The first-order chi connectivity index (χ1) is 7.79. The Labute approximate surface area is 99.1 Å². The highest BCUT2D eigenvalue weighted by Gasteiger charge is 2.28. The first kappa shape index (κ1) is 13.5. The molecule has 94 valence electrons. The predicted octanol–water partition coefficient (Wildman–Crippen LogP) is 2.59. The molecule has 1 rings (SSSR count). The lowest BCUT2D eigenvalue weighted by Crippen LogP contribution is -2.40. The van der Waals surface area contributed by atoms with E-state index >= 15 is 0 Å². The van der Waals surface area contributed by atoms with Crippen LogP contribution in [0.5, 0.6) is 0 Å². The molecule has 0 saturated carbocycles.